The molecule has 78 valence electrons. The lowest BCUT2D eigenvalue weighted by molar-refractivity contribution is 0.433. The minimum absolute atomic E-state index is 0.622. The third-order valence-corrected chi connectivity index (χ3v) is 3.14. The van der Waals surface area contributed by atoms with Crippen LogP contribution in [0.2, 0.25) is 0 Å². The Bertz CT molecular complexity index is 297. The number of nitrogens with zero attached hydrogens (tertiary/aromatic N) is 2. The predicted molar refractivity (Wildman–Crippen MR) is 58.1 cm³/mol. The van der Waals surface area contributed by atoms with Crippen LogP contribution in [0.1, 0.15) is 50.6 Å². The van der Waals surface area contributed by atoms with Crippen LogP contribution in [0.15, 0.2) is 6.20 Å². The van der Waals surface area contributed by atoms with Crippen molar-refractivity contribution in [3.63, 3.8) is 0 Å². The van der Waals surface area contributed by atoms with E-state index >= 15 is 0 Å². The Kier molecular flexibility index (Phi) is 2.75. The summed E-state index contributed by atoms with van der Waals surface area (Å²) in [5.41, 5.74) is 8.00. The van der Waals surface area contributed by atoms with Crippen molar-refractivity contribution in [2.45, 2.75) is 51.5 Å². The van der Waals surface area contributed by atoms with Crippen molar-refractivity contribution in [1.82, 2.24) is 9.78 Å². The fourth-order valence-corrected chi connectivity index (χ4v) is 2.31. The van der Waals surface area contributed by atoms with Crippen LogP contribution in [0.25, 0.3) is 0 Å². The SMILES string of the molecule is CCn1cc(N)c(C2CCCCC2)n1. The lowest BCUT2D eigenvalue weighted by Crippen LogP contribution is -2.07. The highest BCUT2D eigenvalue weighted by molar-refractivity contribution is 5.42. The number of nitrogens with two attached hydrogens (primary N) is 1. The normalized spacial score (nSPS) is 18.6. The molecule has 1 fully saturated rings. The molecule has 1 aromatic heterocycles. The largest absolute Gasteiger partial charge is 0.396 e. The average molecular weight is 193 g/mol. The molecule has 0 aromatic carbocycles. The van der Waals surface area contributed by atoms with Gasteiger partial charge in [0.25, 0.3) is 0 Å². The molecule has 2 rings (SSSR count). The lowest BCUT2D eigenvalue weighted by atomic mass is 9.86. The third-order valence-electron chi connectivity index (χ3n) is 3.14. The molecule has 2 N–H and O–H groups in total. The molecule has 0 amide bonds. The second-order valence-electron chi connectivity index (χ2n) is 4.16. The van der Waals surface area contributed by atoms with E-state index in [1.165, 1.54) is 32.1 Å². The Morgan fingerprint density at radius 3 is 2.71 bits per heavy atom. The minimum Gasteiger partial charge on any atom is -0.396 e. The van der Waals surface area contributed by atoms with E-state index in [1.807, 2.05) is 10.9 Å². The predicted octanol–water partition coefficient (Wildman–Crippen LogP) is 2.53. The maximum absolute atomic E-state index is 5.96. The van der Waals surface area contributed by atoms with Crippen LogP contribution in [0, 0.1) is 0 Å². The molecule has 1 saturated carbocycles. The molecule has 1 heterocycles. The Morgan fingerprint density at radius 1 is 1.43 bits per heavy atom. The van der Waals surface area contributed by atoms with E-state index < -0.39 is 0 Å². The molecule has 0 aliphatic heterocycles. The standard InChI is InChI=1S/C11H19N3/c1-2-14-8-10(12)11(13-14)9-6-4-3-5-7-9/h8-9H,2-7,12H2,1H3. The molecule has 3 heteroatoms. The van der Waals surface area contributed by atoms with Gasteiger partial charge in [0.1, 0.15) is 0 Å². The number of anilines is 1. The Balaban J connectivity index is 2.17. The van der Waals surface area contributed by atoms with Crippen LogP contribution in [0.4, 0.5) is 5.69 Å². The molecule has 0 radical (unpaired) electrons. The first-order valence-electron chi connectivity index (χ1n) is 5.64. The molecule has 0 atom stereocenters. The van der Waals surface area contributed by atoms with Gasteiger partial charge in [0.15, 0.2) is 0 Å². The zero-order chi connectivity index (χ0) is 9.97. The van der Waals surface area contributed by atoms with E-state index in [-0.39, 0.29) is 0 Å². The summed E-state index contributed by atoms with van der Waals surface area (Å²) in [5, 5.41) is 4.54. The Hall–Kier alpha value is -0.990. The third kappa shape index (κ3) is 1.76. The summed E-state index contributed by atoms with van der Waals surface area (Å²) in [6.45, 7) is 3.01. The molecule has 14 heavy (non-hydrogen) atoms. The van der Waals surface area contributed by atoms with E-state index in [0.717, 1.165) is 17.9 Å². The molecule has 1 aromatic rings. The monoisotopic (exact) mass is 193 g/mol. The topological polar surface area (TPSA) is 43.8 Å². The number of rotatable bonds is 2. The second-order valence-corrected chi connectivity index (χ2v) is 4.16. The Morgan fingerprint density at radius 2 is 2.14 bits per heavy atom. The fraction of sp³-hybridized carbons (Fsp3) is 0.727. The molecular weight excluding hydrogens is 174 g/mol. The molecule has 0 unspecified atom stereocenters. The van der Waals surface area contributed by atoms with Crippen molar-refractivity contribution < 1.29 is 0 Å². The van der Waals surface area contributed by atoms with Gasteiger partial charge >= 0.3 is 0 Å². The zero-order valence-electron chi connectivity index (χ0n) is 8.87. The lowest BCUT2D eigenvalue weighted by Gasteiger charge is -2.19. The number of aryl methyl sites for hydroxylation is 1. The van der Waals surface area contributed by atoms with Gasteiger partial charge in [-0.25, -0.2) is 0 Å². The first kappa shape index (κ1) is 9.56. The van der Waals surface area contributed by atoms with Crippen LogP contribution < -0.4 is 5.73 Å². The molecule has 3 nitrogen and oxygen atoms in total. The second kappa shape index (κ2) is 4.03. The minimum atomic E-state index is 0.622. The number of hydrogen-bond acceptors (Lipinski definition) is 2. The van der Waals surface area contributed by atoms with Crippen molar-refractivity contribution in [3.8, 4) is 0 Å². The molecule has 0 saturated heterocycles. The highest BCUT2D eigenvalue weighted by Gasteiger charge is 2.20. The van der Waals surface area contributed by atoms with Crippen LogP contribution in [-0.2, 0) is 6.54 Å². The summed E-state index contributed by atoms with van der Waals surface area (Å²) in [4.78, 5) is 0. The summed E-state index contributed by atoms with van der Waals surface area (Å²) in [6, 6.07) is 0. The molecule has 1 aliphatic rings. The highest BCUT2D eigenvalue weighted by atomic mass is 15.3. The van der Waals surface area contributed by atoms with Crippen LogP contribution in [0.5, 0.6) is 0 Å². The van der Waals surface area contributed by atoms with Gasteiger partial charge in [-0.15, -0.1) is 0 Å². The fourth-order valence-electron chi connectivity index (χ4n) is 2.31. The first-order valence-corrected chi connectivity index (χ1v) is 5.64. The van der Waals surface area contributed by atoms with Gasteiger partial charge in [-0.1, -0.05) is 19.3 Å². The van der Waals surface area contributed by atoms with E-state index in [9.17, 15) is 0 Å². The summed E-state index contributed by atoms with van der Waals surface area (Å²) < 4.78 is 1.94. The summed E-state index contributed by atoms with van der Waals surface area (Å²) in [7, 11) is 0. The molecular formula is C11H19N3. The quantitative estimate of drug-likeness (QED) is 0.784. The van der Waals surface area contributed by atoms with Crippen LogP contribution in [-0.4, -0.2) is 9.78 Å². The summed E-state index contributed by atoms with van der Waals surface area (Å²) in [5.74, 6) is 0.622. The van der Waals surface area contributed by atoms with Crippen LogP contribution >= 0.6 is 0 Å². The van der Waals surface area contributed by atoms with Crippen molar-refractivity contribution in [3.05, 3.63) is 11.9 Å². The average Bonchev–Trinajstić information content (AvgIpc) is 2.61. The molecule has 0 bridgehead atoms. The van der Waals surface area contributed by atoms with Gasteiger partial charge in [-0.3, -0.25) is 4.68 Å². The van der Waals surface area contributed by atoms with Gasteiger partial charge in [-0.2, -0.15) is 5.10 Å². The number of hydrogen-bond donors (Lipinski definition) is 1. The smallest absolute Gasteiger partial charge is 0.0884 e. The van der Waals surface area contributed by atoms with E-state index in [0.29, 0.717) is 5.92 Å². The van der Waals surface area contributed by atoms with Gasteiger partial charge in [-0.05, 0) is 19.8 Å². The van der Waals surface area contributed by atoms with Gasteiger partial charge in [0.2, 0.25) is 0 Å². The molecule has 1 aliphatic carbocycles. The maximum Gasteiger partial charge on any atom is 0.0884 e. The Labute approximate surface area is 85.3 Å². The van der Waals surface area contributed by atoms with Gasteiger partial charge in [0.05, 0.1) is 11.4 Å². The van der Waals surface area contributed by atoms with Crippen molar-refractivity contribution in [2.75, 3.05) is 5.73 Å². The van der Waals surface area contributed by atoms with Gasteiger partial charge < -0.3 is 5.73 Å². The van der Waals surface area contributed by atoms with Crippen molar-refractivity contribution in [1.29, 1.82) is 0 Å². The van der Waals surface area contributed by atoms with E-state index in [2.05, 4.69) is 12.0 Å². The zero-order valence-corrected chi connectivity index (χ0v) is 8.87. The van der Waals surface area contributed by atoms with E-state index in [4.69, 9.17) is 5.73 Å². The first-order chi connectivity index (χ1) is 6.81. The molecule has 0 spiro atoms. The number of nitrogen functional groups attached to an aromatic ring is 1. The van der Waals surface area contributed by atoms with Crippen molar-refractivity contribution in [2.24, 2.45) is 0 Å². The maximum atomic E-state index is 5.96. The highest BCUT2D eigenvalue weighted by Crippen LogP contribution is 2.34. The van der Waals surface area contributed by atoms with Gasteiger partial charge in [0, 0.05) is 18.7 Å². The van der Waals surface area contributed by atoms with Crippen molar-refractivity contribution >= 4 is 5.69 Å². The summed E-state index contributed by atoms with van der Waals surface area (Å²) in [6.07, 6.45) is 8.55. The van der Waals surface area contributed by atoms with Crippen LogP contribution in [0.3, 0.4) is 0 Å². The summed E-state index contributed by atoms with van der Waals surface area (Å²) >= 11 is 0. The van der Waals surface area contributed by atoms with E-state index in [1.54, 1.807) is 0 Å². The number of aromatic nitrogens is 2.